The minimum absolute atomic E-state index is 0.620. The Labute approximate surface area is 125 Å². The van der Waals surface area contributed by atoms with Crippen LogP contribution in [0.15, 0.2) is 18.2 Å². The minimum atomic E-state index is 0.620. The summed E-state index contributed by atoms with van der Waals surface area (Å²) < 4.78 is 7.36. The van der Waals surface area contributed by atoms with Gasteiger partial charge in [-0.25, -0.2) is 0 Å². The van der Waals surface area contributed by atoms with Gasteiger partial charge >= 0.3 is 0 Å². The van der Waals surface area contributed by atoms with Crippen LogP contribution in [0.4, 0.5) is 0 Å². The first kappa shape index (κ1) is 15.3. The molecule has 0 aliphatic carbocycles. The third-order valence-electron chi connectivity index (χ3n) is 3.72. The van der Waals surface area contributed by atoms with Crippen LogP contribution in [-0.2, 0) is 19.4 Å². The van der Waals surface area contributed by atoms with Crippen LogP contribution < -0.4 is 4.74 Å². The van der Waals surface area contributed by atoms with Crippen molar-refractivity contribution in [2.45, 2.75) is 40.2 Å². The molecule has 0 fully saturated rings. The molecule has 0 atom stereocenters. The normalized spacial score (nSPS) is 10.7. The topological polar surface area (TPSA) is 44.1 Å². The lowest BCUT2D eigenvalue weighted by Gasteiger charge is -2.11. The number of carbonyl (C=O) groups is 1. The van der Waals surface area contributed by atoms with Crippen LogP contribution in [0.25, 0.3) is 0 Å². The number of carbonyl (C=O) groups excluding carboxylic acids is 1. The summed E-state index contributed by atoms with van der Waals surface area (Å²) in [5.74, 6) is 0.851. The van der Waals surface area contributed by atoms with Crippen molar-refractivity contribution in [1.29, 1.82) is 0 Å². The number of aromatic nitrogens is 2. The van der Waals surface area contributed by atoms with E-state index >= 15 is 0 Å². The van der Waals surface area contributed by atoms with Gasteiger partial charge in [0.2, 0.25) is 0 Å². The lowest BCUT2D eigenvalue weighted by Crippen LogP contribution is -2.08. The maximum absolute atomic E-state index is 11.3. The molecule has 21 heavy (non-hydrogen) atoms. The van der Waals surface area contributed by atoms with Crippen LogP contribution in [0.3, 0.4) is 0 Å². The van der Waals surface area contributed by atoms with Crippen LogP contribution in [0.5, 0.6) is 5.75 Å². The molecule has 0 amide bonds. The first-order valence-electron chi connectivity index (χ1n) is 7.31. The number of methoxy groups -OCH3 is 1. The van der Waals surface area contributed by atoms with Gasteiger partial charge in [-0.1, -0.05) is 31.5 Å². The summed E-state index contributed by atoms with van der Waals surface area (Å²) in [7, 11) is 1.67. The quantitative estimate of drug-likeness (QED) is 0.766. The molecule has 0 N–H and O–H groups in total. The molecule has 0 bridgehead atoms. The average Bonchev–Trinajstić information content (AvgIpc) is 2.84. The van der Waals surface area contributed by atoms with Gasteiger partial charge in [0.1, 0.15) is 5.75 Å². The van der Waals surface area contributed by atoms with Crippen molar-refractivity contribution < 1.29 is 9.53 Å². The highest BCUT2D eigenvalue weighted by atomic mass is 16.5. The Hall–Kier alpha value is -2.10. The summed E-state index contributed by atoms with van der Waals surface area (Å²) in [5, 5.41) is 4.60. The molecule has 4 nitrogen and oxygen atoms in total. The maximum Gasteiger partial charge on any atom is 0.153 e. The molecular formula is C17H22N2O2. The first-order valence-corrected chi connectivity index (χ1v) is 7.31. The number of ether oxygens (including phenoxy) is 1. The Kier molecular flexibility index (Phi) is 4.78. The van der Waals surface area contributed by atoms with E-state index in [1.165, 1.54) is 5.56 Å². The lowest BCUT2D eigenvalue weighted by molar-refractivity contribution is 0.112. The van der Waals surface area contributed by atoms with Gasteiger partial charge in [0.05, 0.1) is 24.9 Å². The number of hydrogen-bond donors (Lipinski definition) is 0. The van der Waals surface area contributed by atoms with Gasteiger partial charge in [0, 0.05) is 11.3 Å². The maximum atomic E-state index is 11.3. The second-order valence-corrected chi connectivity index (χ2v) is 5.10. The highest BCUT2D eigenvalue weighted by Crippen LogP contribution is 2.23. The summed E-state index contributed by atoms with van der Waals surface area (Å²) >= 11 is 0. The molecular weight excluding hydrogens is 264 g/mol. The summed E-state index contributed by atoms with van der Waals surface area (Å²) in [6.07, 6.45) is 2.48. The van der Waals surface area contributed by atoms with Crippen molar-refractivity contribution in [3.05, 3.63) is 46.3 Å². The smallest absolute Gasteiger partial charge is 0.153 e. The standard InChI is InChI=1S/C17H22N2O2/c1-5-15-14(11-20)16(6-2)19(18-15)10-13-9-12(3)7-8-17(13)21-4/h7-9,11H,5-6,10H2,1-4H3. The van der Waals surface area contributed by atoms with E-state index in [0.29, 0.717) is 6.54 Å². The number of hydrogen-bond acceptors (Lipinski definition) is 3. The van der Waals surface area contributed by atoms with Crippen LogP contribution in [0, 0.1) is 6.92 Å². The second kappa shape index (κ2) is 6.57. The molecule has 0 spiro atoms. The third-order valence-corrected chi connectivity index (χ3v) is 3.72. The van der Waals surface area contributed by atoms with Crippen molar-refractivity contribution in [3.8, 4) is 5.75 Å². The number of rotatable bonds is 6. The van der Waals surface area contributed by atoms with Crippen LogP contribution >= 0.6 is 0 Å². The molecule has 1 heterocycles. The molecule has 0 radical (unpaired) electrons. The second-order valence-electron chi connectivity index (χ2n) is 5.10. The van der Waals surface area contributed by atoms with Gasteiger partial charge in [-0.2, -0.15) is 5.10 Å². The fraction of sp³-hybridized carbons (Fsp3) is 0.412. The van der Waals surface area contributed by atoms with E-state index in [4.69, 9.17) is 4.74 Å². The Balaban J connectivity index is 2.46. The van der Waals surface area contributed by atoms with Crippen molar-refractivity contribution in [2.75, 3.05) is 7.11 Å². The van der Waals surface area contributed by atoms with E-state index in [1.54, 1.807) is 7.11 Å². The minimum Gasteiger partial charge on any atom is -0.496 e. The number of benzene rings is 1. The molecule has 4 heteroatoms. The SMILES string of the molecule is CCc1nn(Cc2cc(C)ccc2OC)c(CC)c1C=O. The molecule has 0 saturated heterocycles. The molecule has 2 aromatic rings. The largest absolute Gasteiger partial charge is 0.496 e. The molecule has 0 aliphatic rings. The van der Waals surface area contributed by atoms with Gasteiger partial charge in [0.25, 0.3) is 0 Å². The lowest BCUT2D eigenvalue weighted by atomic mass is 10.1. The van der Waals surface area contributed by atoms with E-state index in [-0.39, 0.29) is 0 Å². The van der Waals surface area contributed by atoms with Crippen molar-refractivity contribution >= 4 is 6.29 Å². The van der Waals surface area contributed by atoms with Crippen LogP contribution in [0.2, 0.25) is 0 Å². The summed E-state index contributed by atoms with van der Waals surface area (Å²) in [6, 6.07) is 6.10. The van der Waals surface area contributed by atoms with Crippen LogP contribution in [-0.4, -0.2) is 23.2 Å². The van der Waals surface area contributed by atoms with E-state index in [2.05, 4.69) is 18.1 Å². The van der Waals surface area contributed by atoms with E-state index < -0.39 is 0 Å². The van der Waals surface area contributed by atoms with Gasteiger partial charge < -0.3 is 4.74 Å². The summed E-state index contributed by atoms with van der Waals surface area (Å²) in [6.45, 7) is 6.75. The van der Waals surface area contributed by atoms with Gasteiger partial charge in [-0.3, -0.25) is 9.48 Å². The van der Waals surface area contributed by atoms with Gasteiger partial charge in [-0.05, 0) is 25.8 Å². The average molecular weight is 286 g/mol. The molecule has 112 valence electrons. The number of aryl methyl sites for hydroxylation is 2. The Morgan fingerprint density at radius 1 is 1.29 bits per heavy atom. The molecule has 0 unspecified atom stereocenters. The Bertz CT molecular complexity index is 644. The monoisotopic (exact) mass is 286 g/mol. The molecule has 0 saturated carbocycles. The third kappa shape index (κ3) is 2.99. The molecule has 2 rings (SSSR count). The van der Waals surface area contributed by atoms with E-state index in [9.17, 15) is 4.79 Å². The zero-order chi connectivity index (χ0) is 15.4. The fourth-order valence-corrected chi connectivity index (χ4v) is 2.66. The Morgan fingerprint density at radius 3 is 2.62 bits per heavy atom. The predicted molar refractivity (Wildman–Crippen MR) is 83.2 cm³/mol. The molecule has 1 aromatic carbocycles. The van der Waals surface area contributed by atoms with Crippen LogP contribution in [0.1, 0.15) is 46.7 Å². The summed E-state index contributed by atoms with van der Waals surface area (Å²) in [5.41, 5.74) is 4.86. The van der Waals surface area contributed by atoms with Gasteiger partial charge in [0.15, 0.2) is 6.29 Å². The predicted octanol–water partition coefficient (Wildman–Crippen LogP) is 3.19. The highest BCUT2D eigenvalue weighted by Gasteiger charge is 2.16. The fourth-order valence-electron chi connectivity index (χ4n) is 2.66. The number of aldehydes is 1. The van der Waals surface area contributed by atoms with E-state index in [0.717, 1.165) is 47.4 Å². The number of nitrogens with zero attached hydrogens (tertiary/aromatic N) is 2. The van der Waals surface area contributed by atoms with Crippen molar-refractivity contribution in [1.82, 2.24) is 9.78 Å². The van der Waals surface area contributed by atoms with Crippen molar-refractivity contribution in [3.63, 3.8) is 0 Å². The highest BCUT2D eigenvalue weighted by molar-refractivity contribution is 5.78. The molecule has 0 aliphatic heterocycles. The Morgan fingerprint density at radius 2 is 2.05 bits per heavy atom. The van der Waals surface area contributed by atoms with Gasteiger partial charge in [-0.15, -0.1) is 0 Å². The van der Waals surface area contributed by atoms with E-state index in [1.807, 2.05) is 30.7 Å². The zero-order valence-electron chi connectivity index (χ0n) is 13.1. The van der Waals surface area contributed by atoms with Crippen molar-refractivity contribution in [2.24, 2.45) is 0 Å². The molecule has 1 aromatic heterocycles. The zero-order valence-corrected chi connectivity index (χ0v) is 13.1. The summed E-state index contributed by atoms with van der Waals surface area (Å²) in [4.78, 5) is 11.3. The first-order chi connectivity index (χ1) is 10.1.